The highest BCUT2D eigenvalue weighted by Gasteiger charge is 2.47. The Morgan fingerprint density at radius 2 is 1.61 bits per heavy atom. The van der Waals surface area contributed by atoms with Crippen molar-refractivity contribution in [2.75, 3.05) is 13.1 Å². The van der Waals surface area contributed by atoms with Gasteiger partial charge in [0.15, 0.2) is 0 Å². The number of rotatable bonds is 8. The van der Waals surface area contributed by atoms with Gasteiger partial charge in [-0.1, -0.05) is 18.9 Å². The summed E-state index contributed by atoms with van der Waals surface area (Å²) in [5, 5.41) is 11.7. The molecule has 2 aromatic carbocycles. The third kappa shape index (κ3) is 6.46. The van der Waals surface area contributed by atoms with Crippen molar-refractivity contribution in [2.45, 2.75) is 51.1 Å². The minimum atomic E-state index is -4.99. The van der Waals surface area contributed by atoms with Crippen molar-refractivity contribution in [2.24, 2.45) is 11.3 Å². The SMILES string of the molecule is O=C(O)c1cc(CN2CCC(CC3CC3)(C(=O)NCc3cc(C(F)(F)F)cc(C(F)(F)F)c3)C2)ccc1F. The molecule has 4 rings (SSSR count). The van der Waals surface area contributed by atoms with Gasteiger partial charge in [-0.05, 0) is 66.8 Å². The Hall–Kier alpha value is -3.15. The number of likely N-dealkylation sites (tertiary alicyclic amines) is 1. The lowest BCUT2D eigenvalue weighted by Crippen LogP contribution is -2.43. The van der Waals surface area contributed by atoms with Gasteiger partial charge in [-0.25, -0.2) is 9.18 Å². The fraction of sp³-hybridized carbons (Fsp3) is 0.462. The Bertz CT molecular complexity index is 1190. The van der Waals surface area contributed by atoms with Crippen LogP contribution in [0, 0.1) is 17.2 Å². The highest BCUT2D eigenvalue weighted by atomic mass is 19.4. The average molecular weight is 546 g/mol. The Balaban J connectivity index is 1.49. The first-order valence-corrected chi connectivity index (χ1v) is 12.0. The molecule has 206 valence electrons. The molecule has 1 atom stereocenters. The minimum Gasteiger partial charge on any atom is -0.478 e. The smallest absolute Gasteiger partial charge is 0.416 e. The third-order valence-electron chi connectivity index (χ3n) is 7.06. The molecule has 2 fully saturated rings. The molecule has 2 aliphatic rings. The Morgan fingerprint density at radius 1 is 0.974 bits per heavy atom. The molecule has 1 unspecified atom stereocenters. The van der Waals surface area contributed by atoms with Crippen molar-refractivity contribution in [1.82, 2.24) is 10.2 Å². The van der Waals surface area contributed by atoms with Crippen LogP contribution in [0.3, 0.4) is 0 Å². The highest BCUT2D eigenvalue weighted by molar-refractivity contribution is 5.88. The summed E-state index contributed by atoms with van der Waals surface area (Å²) in [6.07, 6.45) is -7.18. The van der Waals surface area contributed by atoms with Crippen LogP contribution in [0.25, 0.3) is 0 Å². The van der Waals surface area contributed by atoms with Crippen molar-refractivity contribution in [3.8, 4) is 0 Å². The highest BCUT2D eigenvalue weighted by Crippen LogP contribution is 2.45. The zero-order valence-electron chi connectivity index (χ0n) is 20.1. The van der Waals surface area contributed by atoms with E-state index in [4.69, 9.17) is 5.11 Å². The fourth-order valence-corrected chi connectivity index (χ4v) is 5.00. The topological polar surface area (TPSA) is 69.6 Å². The molecule has 5 nitrogen and oxygen atoms in total. The second-order valence-corrected chi connectivity index (χ2v) is 10.1. The van der Waals surface area contributed by atoms with Gasteiger partial charge in [-0.3, -0.25) is 9.69 Å². The zero-order valence-corrected chi connectivity index (χ0v) is 20.1. The number of amides is 1. The van der Waals surface area contributed by atoms with Crippen LogP contribution in [0.15, 0.2) is 36.4 Å². The first kappa shape index (κ1) is 27.9. The molecule has 1 saturated heterocycles. The van der Waals surface area contributed by atoms with Crippen molar-refractivity contribution < 1.29 is 45.4 Å². The van der Waals surface area contributed by atoms with Gasteiger partial charge in [-0.2, -0.15) is 26.3 Å². The van der Waals surface area contributed by atoms with Crippen molar-refractivity contribution in [1.29, 1.82) is 0 Å². The van der Waals surface area contributed by atoms with Crippen LogP contribution in [0.4, 0.5) is 30.7 Å². The fourth-order valence-electron chi connectivity index (χ4n) is 5.00. The first-order valence-electron chi connectivity index (χ1n) is 12.0. The van der Waals surface area contributed by atoms with Crippen LogP contribution in [-0.4, -0.2) is 35.0 Å². The molecule has 0 bridgehead atoms. The number of carboxylic acid groups (broad SMARTS) is 1. The summed E-state index contributed by atoms with van der Waals surface area (Å²) in [5.74, 6) is -2.43. The average Bonchev–Trinajstić information content (AvgIpc) is 3.54. The van der Waals surface area contributed by atoms with Gasteiger partial charge in [0.2, 0.25) is 5.91 Å². The molecular formula is C26H25F7N2O3. The normalized spacial score (nSPS) is 20.5. The van der Waals surface area contributed by atoms with E-state index in [1.807, 2.05) is 4.90 Å². The lowest BCUT2D eigenvalue weighted by Gasteiger charge is -2.29. The number of nitrogens with zero attached hydrogens (tertiary/aromatic N) is 1. The number of hydrogen-bond acceptors (Lipinski definition) is 3. The molecule has 2 aromatic rings. The van der Waals surface area contributed by atoms with Gasteiger partial charge in [0.25, 0.3) is 0 Å². The lowest BCUT2D eigenvalue weighted by molar-refractivity contribution is -0.143. The number of nitrogens with one attached hydrogen (secondary N) is 1. The van der Waals surface area contributed by atoms with E-state index in [0.717, 1.165) is 18.9 Å². The van der Waals surface area contributed by atoms with E-state index in [0.29, 0.717) is 43.0 Å². The van der Waals surface area contributed by atoms with Crippen LogP contribution in [-0.2, 0) is 30.2 Å². The summed E-state index contributed by atoms with van der Waals surface area (Å²) in [7, 11) is 0. The molecule has 1 amide bonds. The van der Waals surface area contributed by atoms with E-state index in [1.54, 1.807) is 0 Å². The van der Waals surface area contributed by atoms with Gasteiger partial charge >= 0.3 is 18.3 Å². The number of carbonyl (C=O) groups excluding carboxylic acids is 1. The van der Waals surface area contributed by atoms with Gasteiger partial charge in [-0.15, -0.1) is 0 Å². The largest absolute Gasteiger partial charge is 0.478 e. The molecule has 0 aromatic heterocycles. The second-order valence-electron chi connectivity index (χ2n) is 10.1. The number of aromatic carboxylic acids is 1. The van der Waals surface area contributed by atoms with Gasteiger partial charge < -0.3 is 10.4 Å². The van der Waals surface area contributed by atoms with E-state index >= 15 is 0 Å². The summed E-state index contributed by atoms with van der Waals surface area (Å²) in [6, 6.07) is 4.97. The molecule has 38 heavy (non-hydrogen) atoms. The Labute approximate surface area is 213 Å². The van der Waals surface area contributed by atoms with E-state index in [9.17, 15) is 40.3 Å². The number of hydrogen-bond donors (Lipinski definition) is 2. The third-order valence-corrected chi connectivity index (χ3v) is 7.06. The maximum absolute atomic E-state index is 13.7. The van der Waals surface area contributed by atoms with Crippen molar-refractivity contribution in [3.05, 3.63) is 70.0 Å². The number of carbonyl (C=O) groups is 2. The molecule has 2 N–H and O–H groups in total. The second kappa shape index (κ2) is 10.2. The summed E-state index contributed by atoms with van der Waals surface area (Å²) >= 11 is 0. The molecule has 1 aliphatic heterocycles. The van der Waals surface area contributed by atoms with E-state index in [2.05, 4.69) is 5.32 Å². The van der Waals surface area contributed by atoms with Crippen molar-refractivity contribution in [3.63, 3.8) is 0 Å². The van der Waals surface area contributed by atoms with E-state index in [1.165, 1.54) is 12.1 Å². The summed E-state index contributed by atoms with van der Waals surface area (Å²) < 4.78 is 92.9. The first-order chi connectivity index (χ1) is 17.7. The van der Waals surface area contributed by atoms with Crippen LogP contribution in [0.5, 0.6) is 0 Å². The minimum absolute atomic E-state index is 0.0416. The van der Waals surface area contributed by atoms with Crippen LogP contribution in [0.1, 0.15) is 58.3 Å². The Kier molecular flexibility index (Phi) is 7.48. The maximum atomic E-state index is 13.7. The number of carboxylic acids is 1. The van der Waals surface area contributed by atoms with Crippen LogP contribution >= 0.6 is 0 Å². The standard InChI is InChI=1S/C26H25F7N2O3/c27-21-4-3-16(9-20(21)22(36)37)13-35-6-5-24(14-35,11-15-1-2-15)23(38)34-12-17-7-18(25(28,29)30)10-19(8-17)26(31,32)33/h3-4,7-10,15H,1-2,5-6,11-14H2,(H,34,38)(H,36,37). The van der Waals surface area contributed by atoms with E-state index < -0.39 is 58.7 Å². The van der Waals surface area contributed by atoms with Gasteiger partial charge in [0.05, 0.1) is 22.1 Å². The van der Waals surface area contributed by atoms with Crippen LogP contribution < -0.4 is 5.32 Å². The van der Waals surface area contributed by atoms with Gasteiger partial charge in [0, 0.05) is 19.6 Å². The number of alkyl halides is 6. The molecular weight excluding hydrogens is 521 g/mol. The molecule has 0 radical (unpaired) electrons. The predicted molar refractivity (Wildman–Crippen MR) is 121 cm³/mol. The molecule has 12 heteroatoms. The summed E-state index contributed by atoms with van der Waals surface area (Å²) in [4.78, 5) is 26.5. The molecule has 0 spiro atoms. The Morgan fingerprint density at radius 3 is 2.16 bits per heavy atom. The number of halogens is 7. The van der Waals surface area contributed by atoms with Crippen molar-refractivity contribution >= 4 is 11.9 Å². The quantitative estimate of drug-likeness (QED) is 0.407. The molecule has 1 aliphatic carbocycles. The van der Waals surface area contributed by atoms with E-state index in [-0.39, 0.29) is 24.7 Å². The lowest BCUT2D eigenvalue weighted by atomic mass is 9.80. The molecule has 1 heterocycles. The summed E-state index contributed by atoms with van der Waals surface area (Å²) in [6.45, 7) is 0.480. The predicted octanol–water partition coefficient (Wildman–Crippen LogP) is 5.87. The summed E-state index contributed by atoms with van der Waals surface area (Å²) in [5.41, 5.74) is -4.04. The maximum Gasteiger partial charge on any atom is 0.416 e. The number of benzene rings is 2. The van der Waals surface area contributed by atoms with Crippen LogP contribution in [0.2, 0.25) is 0 Å². The zero-order chi connectivity index (χ0) is 27.9. The van der Waals surface area contributed by atoms with Gasteiger partial charge in [0.1, 0.15) is 5.82 Å². The monoisotopic (exact) mass is 546 g/mol. The molecule has 1 saturated carbocycles.